The van der Waals surface area contributed by atoms with Crippen LogP contribution in [0.15, 0.2) is 24.8 Å². The molecule has 0 amide bonds. The molecule has 0 saturated carbocycles. The van der Waals surface area contributed by atoms with Gasteiger partial charge < -0.3 is 14.0 Å². The highest BCUT2D eigenvalue weighted by Gasteiger charge is 2.47. The number of aliphatic hydroxyl groups excluding tert-OH is 1. The molecule has 5 heteroatoms. The highest BCUT2D eigenvalue weighted by molar-refractivity contribution is 6.70. The maximum absolute atomic E-state index is 12.6. The summed E-state index contributed by atoms with van der Waals surface area (Å²) in [5, 5.41) is 10.3. The van der Waals surface area contributed by atoms with Crippen LogP contribution < -0.4 is 0 Å². The lowest BCUT2D eigenvalue weighted by atomic mass is 9.85. The molecule has 0 bridgehead atoms. The van der Waals surface area contributed by atoms with Crippen LogP contribution in [0.2, 0.25) is 11.1 Å². The summed E-state index contributed by atoms with van der Waals surface area (Å²) in [5.74, 6) is -0.00747. The standard InChI is InChI=1S/C22H42O4Si/c1-11-12-13-25-27(17(4)5,18(6)7)26-20(16(2)3)14-19(23)15-21(24)22(8,9)10/h11,17-18,20-21,24H,1-2,12-15H2,3-10H3/t20-,21-/m1/s1. The normalized spacial score (nSPS) is 15.1. The van der Waals surface area contributed by atoms with E-state index in [0.717, 1.165) is 12.0 Å². The Kier molecular flexibility index (Phi) is 11.0. The molecule has 0 aliphatic carbocycles. The fourth-order valence-electron chi connectivity index (χ4n) is 2.96. The van der Waals surface area contributed by atoms with Crippen LogP contribution in [0, 0.1) is 5.41 Å². The maximum atomic E-state index is 12.6. The Balaban J connectivity index is 5.37. The average Bonchev–Trinajstić information content (AvgIpc) is 2.51. The first-order valence-corrected chi connectivity index (χ1v) is 12.0. The van der Waals surface area contributed by atoms with Gasteiger partial charge in [-0.25, -0.2) is 0 Å². The number of carbonyl (C=O) groups excluding carboxylic acids is 1. The molecule has 0 aliphatic heterocycles. The first-order valence-electron chi connectivity index (χ1n) is 10.1. The van der Waals surface area contributed by atoms with Crippen molar-refractivity contribution in [2.45, 2.75) is 97.9 Å². The molecular weight excluding hydrogens is 356 g/mol. The Morgan fingerprint density at radius 3 is 2.04 bits per heavy atom. The first-order chi connectivity index (χ1) is 12.3. The smallest absolute Gasteiger partial charge is 0.343 e. The van der Waals surface area contributed by atoms with Gasteiger partial charge in [0.2, 0.25) is 0 Å². The van der Waals surface area contributed by atoms with Gasteiger partial charge in [-0.1, -0.05) is 66.7 Å². The number of rotatable bonds is 13. The molecule has 0 aliphatic rings. The minimum Gasteiger partial charge on any atom is -0.394 e. The summed E-state index contributed by atoms with van der Waals surface area (Å²) in [6.45, 7) is 24.6. The van der Waals surface area contributed by atoms with Gasteiger partial charge >= 0.3 is 8.56 Å². The van der Waals surface area contributed by atoms with Crippen LogP contribution in [-0.4, -0.2) is 38.3 Å². The fraction of sp³-hybridized carbons (Fsp3) is 0.773. The third kappa shape index (κ3) is 8.42. The van der Waals surface area contributed by atoms with Crippen LogP contribution in [0.4, 0.5) is 0 Å². The molecule has 27 heavy (non-hydrogen) atoms. The van der Waals surface area contributed by atoms with Gasteiger partial charge in [0.05, 0.1) is 12.2 Å². The Morgan fingerprint density at radius 1 is 1.15 bits per heavy atom. The summed E-state index contributed by atoms with van der Waals surface area (Å²) in [7, 11) is -2.58. The summed E-state index contributed by atoms with van der Waals surface area (Å²) in [5.41, 5.74) is 0.968. The van der Waals surface area contributed by atoms with Gasteiger partial charge in [0.15, 0.2) is 0 Å². The second kappa shape index (κ2) is 11.3. The van der Waals surface area contributed by atoms with E-state index in [-0.39, 0.29) is 41.2 Å². The quantitative estimate of drug-likeness (QED) is 0.251. The average molecular weight is 399 g/mol. The van der Waals surface area contributed by atoms with E-state index in [9.17, 15) is 9.90 Å². The highest BCUT2D eigenvalue weighted by atomic mass is 28.4. The van der Waals surface area contributed by atoms with Crippen molar-refractivity contribution in [1.82, 2.24) is 0 Å². The number of hydrogen-bond acceptors (Lipinski definition) is 4. The van der Waals surface area contributed by atoms with Gasteiger partial charge in [0, 0.05) is 19.4 Å². The largest absolute Gasteiger partial charge is 0.394 e. The summed E-state index contributed by atoms with van der Waals surface area (Å²) >= 11 is 0. The van der Waals surface area contributed by atoms with Crippen molar-refractivity contribution in [3.63, 3.8) is 0 Å². The number of hydrogen-bond donors (Lipinski definition) is 1. The Hall–Kier alpha value is -0.753. The monoisotopic (exact) mass is 398 g/mol. The van der Waals surface area contributed by atoms with Gasteiger partial charge in [-0.3, -0.25) is 4.79 Å². The molecule has 4 nitrogen and oxygen atoms in total. The second-order valence-electron chi connectivity index (χ2n) is 9.24. The van der Waals surface area contributed by atoms with Crippen molar-refractivity contribution in [3.8, 4) is 0 Å². The lowest BCUT2D eigenvalue weighted by molar-refractivity contribution is -0.124. The van der Waals surface area contributed by atoms with Crippen molar-refractivity contribution in [3.05, 3.63) is 24.8 Å². The Labute approximate surface area is 168 Å². The van der Waals surface area contributed by atoms with Crippen molar-refractivity contribution in [2.75, 3.05) is 6.61 Å². The van der Waals surface area contributed by atoms with E-state index in [2.05, 4.69) is 40.9 Å². The predicted molar refractivity (Wildman–Crippen MR) is 116 cm³/mol. The zero-order chi connectivity index (χ0) is 21.4. The molecule has 158 valence electrons. The number of carbonyl (C=O) groups is 1. The molecule has 0 heterocycles. The molecule has 2 atom stereocenters. The van der Waals surface area contributed by atoms with Crippen LogP contribution in [0.3, 0.4) is 0 Å². The van der Waals surface area contributed by atoms with Crippen LogP contribution in [-0.2, 0) is 13.6 Å². The van der Waals surface area contributed by atoms with E-state index < -0.39 is 14.7 Å². The summed E-state index contributed by atoms with van der Waals surface area (Å²) < 4.78 is 12.9. The minimum atomic E-state index is -2.58. The van der Waals surface area contributed by atoms with Crippen LogP contribution in [0.1, 0.15) is 74.7 Å². The van der Waals surface area contributed by atoms with Gasteiger partial charge in [0.25, 0.3) is 0 Å². The lowest BCUT2D eigenvalue weighted by Crippen LogP contribution is -2.51. The second-order valence-corrected chi connectivity index (χ2v) is 13.5. The molecule has 0 spiro atoms. The highest BCUT2D eigenvalue weighted by Crippen LogP contribution is 2.37. The van der Waals surface area contributed by atoms with E-state index in [4.69, 9.17) is 8.85 Å². The molecule has 0 aromatic rings. The number of ketones is 1. The van der Waals surface area contributed by atoms with Crippen LogP contribution >= 0.6 is 0 Å². The van der Waals surface area contributed by atoms with Gasteiger partial charge in [-0.15, -0.1) is 6.58 Å². The fourth-order valence-corrected chi connectivity index (χ4v) is 6.74. The molecule has 0 fully saturated rings. The zero-order valence-corrected chi connectivity index (χ0v) is 19.8. The summed E-state index contributed by atoms with van der Waals surface area (Å²) in [6, 6.07) is 0. The Bertz CT molecular complexity index is 483. The SMILES string of the molecule is C=CCCO[Si](O[C@H](CC(=O)C[C@@H](O)C(C)(C)C)C(=C)C)(C(C)C)C(C)C. The molecule has 0 aromatic heterocycles. The van der Waals surface area contributed by atoms with Gasteiger partial charge in [0.1, 0.15) is 5.78 Å². The molecule has 0 saturated heterocycles. The maximum Gasteiger partial charge on any atom is 0.343 e. The number of aliphatic hydroxyl groups is 1. The molecule has 0 unspecified atom stereocenters. The van der Waals surface area contributed by atoms with E-state index in [1.807, 2.05) is 33.8 Å². The van der Waals surface area contributed by atoms with Crippen LogP contribution in [0.25, 0.3) is 0 Å². The summed E-state index contributed by atoms with van der Waals surface area (Å²) in [4.78, 5) is 12.6. The van der Waals surface area contributed by atoms with Gasteiger partial charge in [-0.05, 0) is 29.8 Å². The van der Waals surface area contributed by atoms with E-state index in [1.54, 1.807) is 0 Å². The topological polar surface area (TPSA) is 55.8 Å². The number of Topliss-reactive ketones (excluding diaryl/α,β-unsaturated/α-hetero) is 1. The predicted octanol–water partition coefficient (Wildman–Crippen LogP) is 5.56. The third-order valence-electron chi connectivity index (χ3n) is 4.97. The van der Waals surface area contributed by atoms with E-state index in [0.29, 0.717) is 6.61 Å². The van der Waals surface area contributed by atoms with Gasteiger partial charge in [-0.2, -0.15) is 0 Å². The zero-order valence-electron chi connectivity index (χ0n) is 18.8. The molecule has 0 aromatic carbocycles. The van der Waals surface area contributed by atoms with Crippen molar-refractivity contribution in [1.29, 1.82) is 0 Å². The van der Waals surface area contributed by atoms with Crippen LogP contribution in [0.5, 0.6) is 0 Å². The van der Waals surface area contributed by atoms with E-state index in [1.165, 1.54) is 0 Å². The lowest BCUT2D eigenvalue weighted by Gasteiger charge is -2.40. The minimum absolute atomic E-state index is 0.00747. The first kappa shape index (κ1) is 26.2. The van der Waals surface area contributed by atoms with Crippen molar-refractivity contribution >= 4 is 14.3 Å². The van der Waals surface area contributed by atoms with Crippen molar-refractivity contribution in [2.24, 2.45) is 5.41 Å². The molecular formula is C22H42O4Si. The molecule has 0 radical (unpaired) electrons. The molecule has 0 rings (SSSR count). The third-order valence-corrected chi connectivity index (χ3v) is 9.50. The molecule has 1 N–H and O–H groups in total. The summed E-state index contributed by atoms with van der Waals surface area (Å²) in [6.07, 6.45) is 1.91. The van der Waals surface area contributed by atoms with E-state index >= 15 is 0 Å². The van der Waals surface area contributed by atoms with Crippen molar-refractivity contribution < 1.29 is 18.8 Å². The Morgan fingerprint density at radius 2 is 1.67 bits per heavy atom.